The molecule has 0 radical (unpaired) electrons. The summed E-state index contributed by atoms with van der Waals surface area (Å²) < 4.78 is 5.58. The van der Waals surface area contributed by atoms with Crippen LogP contribution in [0.25, 0.3) is 0 Å². The molecule has 1 aromatic carbocycles. The predicted molar refractivity (Wildman–Crippen MR) is 73.2 cm³/mol. The van der Waals surface area contributed by atoms with Crippen LogP contribution in [0.3, 0.4) is 0 Å². The van der Waals surface area contributed by atoms with Crippen molar-refractivity contribution < 1.29 is 24.9 Å². The Morgan fingerprint density at radius 3 is 2.90 bits per heavy atom. The highest BCUT2D eigenvalue weighted by Crippen LogP contribution is 2.56. The van der Waals surface area contributed by atoms with E-state index in [1.54, 1.807) is 12.1 Å². The second-order valence-electron chi connectivity index (χ2n) is 5.93. The minimum atomic E-state index is -1.10. The average Bonchev–Trinajstić information content (AvgIpc) is 2.71. The first-order chi connectivity index (χ1) is 9.98. The summed E-state index contributed by atoms with van der Waals surface area (Å²) in [7, 11) is 0. The van der Waals surface area contributed by atoms with Gasteiger partial charge in [-0.2, -0.15) is 0 Å². The van der Waals surface area contributed by atoms with E-state index in [4.69, 9.17) is 4.74 Å². The third kappa shape index (κ3) is 1.64. The van der Waals surface area contributed by atoms with Crippen molar-refractivity contribution in [3.8, 4) is 11.5 Å². The molecule has 0 bridgehead atoms. The molecule has 21 heavy (non-hydrogen) atoms. The molecule has 4 rings (SSSR count). The van der Waals surface area contributed by atoms with Crippen molar-refractivity contribution >= 4 is 5.78 Å². The van der Waals surface area contributed by atoms with Crippen LogP contribution in [0.2, 0.25) is 0 Å². The number of ketones is 1. The molecule has 1 heterocycles. The molecule has 0 aromatic heterocycles. The highest BCUT2D eigenvalue weighted by Gasteiger charge is 2.54. The minimum absolute atomic E-state index is 0.102. The number of benzene rings is 1. The van der Waals surface area contributed by atoms with Crippen molar-refractivity contribution in [3.63, 3.8) is 0 Å². The Labute approximate surface area is 120 Å². The quantitative estimate of drug-likeness (QED) is 0.674. The number of hydrogen-bond acceptors (Lipinski definition) is 5. The summed E-state index contributed by atoms with van der Waals surface area (Å²) in [5, 5.41) is 30.1. The van der Waals surface area contributed by atoms with Crippen LogP contribution < -0.4 is 4.74 Å². The van der Waals surface area contributed by atoms with E-state index in [-0.39, 0.29) is 30.0 Å². The van der Waals surface area contributed by atoms with E-state index in [0.717, 1.165) is 11.1 Å². The van der Waals surface area contributed by atoms with E-state index in [1.807, 2.05) is 0 Å². The van der Waals surface area contributed by atoms with Gasteiger partial charge in [-0.05, 0) is 18.2 Å². The maximum Gasteiger partial charge on any atom is 0.219 e. The number of aromatic hydroxyl groups is 1. The van der Waals surface area contributed by atoms with Crippen LogP contribution >= 0.6 is 0 Å². The van der Waals surface area contributed by atoms with Crippen LogP contribution in [-0.2, 0) is 4.79 Å². The van der Waals surface area contributed by atoms with E-state index in [9.17, 15) is 20.1 Å². The number of aliphatic hydroxyl groups excluding tert-OH is 1. The molecular formula is C16H14O5. The number of rotatable bonds is 0. The van der Waals surface area contributed by atoms with E-state index in [1.165, 1.54) is 18.2 Å². The summed E-state index contributed by atoms with van der Waals surface area (Å²) >= 11 is 0. The lowest BCUT2D eigenvalue weighted by molar-refractivity contribution is -0.113. The molecule has 1 saturated carbocycles. The number of allylic oxidation sites excluding steroid dienone is 2. The maximum absolute atomic E-state index is 11.6. The Bertz CT molecular complexity index is 717. The summed E-state index contributed by atoms with van der Waals surface area (Å²) in [5.74, 6) is -0.570. The van der Waals surface area contributed by atoms with Gasteiger partial charge in [0.05, 0.1) is 0 Å². The smallest absolute Gasteiger partial charge is 0.219 e. The first-order valence-electron chi connectivity index (χ1n) is 6.82. The van der Waals surface area contributed by atoms with Gasteiger partial charge in [-0.1, -0.05) is 11.6 Å². The van der Waals surface area contributed by atoms with E-state index in [2.05, 4.69) is 0 Å². The number of phenols is 1. The SMILES string of the molecule is O=C1C=C2C[C@@]3(O)COc4cc(O)ccc4C3C2C=C1O. The van der Waals surface area contributed by atoms with Gasteiger partial charge in [-0.15, -0.1) is 0 Å². The molecule has 3 N–H and O–H groups in total. The predicted octanol–water partition coefficient (Wildman–Crippen LogP) is 1.57. The molecule has 0 spiro atoms. The number of aliphatic hydroxyl groups is 2. The summed E-state index contributed by atoms with van der Waals surface area (Å²) in [6.07, 6.45) is 3.27. The first kappa shape index (κ1) is 12.5. The zero-order valence-corrected chi connectivity index (χ0v) is 11.1. The average molecular weight is 286 g/mol. The van der Waals surface area contributed by atoms with E-state index >= 15 is 0 Å². The lowest BCUT2D eigenvalue weighted by Crippen LogP contribution is -2.43. The molecule has 1 aliphatic heterocycles. The molecule has 108 valence electrons. The number of hydrogen-bond donors (Lipinski definition) is 3. The number of carbonyl (C=O) groups is 1. The molecule has 5 heteroatoms. The highest BCUT2D eigenvalue weighted by atomic mass is 16.5. The molecule has 2 aliphatic carbocycles. The van der Waals surface area contributed by atoms with Crippen LogP contribution in [0, 0.1) is 5.92 Å². The van der Waals surface area contributed by atoms with Gasteiger partial charge in [-0.25, -0.2) is 0 Å². The summed E-state index contributed by atoms with van der Waals surface area (Å²) in [4.78, 5) is 11.6. The second kappa shape index (κ2) is 3.89. The molecule has 3 atom stereocenters. The number of phenolic OH excluding ortho intramolecular Hbond substituents is 1. The van der Waals surface area contributed by atoms with Crippen molar-refractivity contribution in [2.24, 2.45) is 5.92 Å². The van der Waals surface area contributed by atoms with Gasteiger partial charge in [-0.3, -0.25) is 4.79 Å². The second-order valence-corrected chi connectivity index (χ2v) is 5.93. The van der Waals surface area contributed by atoms with Crippen LogP contribution in [0.15, 0.2) is 41.7 Å². The fourth-order valence-electron chi connectivity index (χ4n) is 3.71. The normalized spacial score (nSPS) is 33.3. The third-order valence-corrected chi connectivity index (χ3v) is 4.59. The monoisotopic (exact) mass is 286 g/mol. The van der Waals surface area contributed by atoms with E-state index in [0.29, 0.717) is 12.2 Å². The van der Waals surface area contributed by atoms with Crippen molar-refractivity contribution in [3.05, 3.63) is 47.2 Å². The maximum atomic E-state index is 11.6. The van der Waals surface area contributed by atoms with Gasteiger partial charge in [0, 0.05) is 29.9 Å². The fourth-order valence-corrected chi connectivity index (χ4v) is 3.71. The van der Waals surface area contributed by atoms with Crippen LogP contribution in [0.4, 0.5) is 0 Å². The van der Waals surface area contributed by atoms with Gasteiger partial charge >= 0.3 is 0 Å². The topological polar surface area (TPSA) is 87.0 Å². The highest BCUT2D eigenvalue weighted by molar-refractivity contribution is 6.03. The van der Waals surface area contributed by atoms with Gasteiger partial charge in [0.1, 0.15) is 23.7 Å². The van der Waals surface area contributed by atoms with Crippen LogP contribution in [-0.4, -0.2) is 33.3 Å². The summed E-state index contributed by atoms with van der Waals surface area (Å²) in [5.41, 5.74) is 0.505. The van der Waals surface area contributed by atoms with Gasteiger partial charge in [0.25, 0.3) is 0 Å². The van der Waals surface area contributed by atoms with Crippen LogP contribution in [0.5, 0.6) is 11.5 Å². The molecule has 1 aromatic rings. The molecule has 0 amide bonds. The minimum Gasteiger partial charge on any atom is -0.508 e. The zero-order valence-electron chi connectivity index (χ0n) is 11.1. The molecule has 0 saturated heterocycles. The number of fused-ring (bicyclic) bond motifs is 5. The molecule has 5 nitrogen and oxygen atoms in total. The van der Waals surface area contributed by atoms with Crippen molar-refractivity contribution in [2.75, 3.05) is 6.61 Å². The third-order valence-electron chi connectivity index (χ3n) is 4.59. The fraction of sp³-hybridized carbons (Fsp3) is 0.312. The Hall–Kier alpha value is -2.27. The Morgan fingerprint density at radius 1 is 1.29 bits per heavy atom. The van der Waals surface area contributed by atoms with Crippen LogP contribution in [0.1, 0.15) is 17.9 Å². The molecule has 3 aliphatic rings. The molecule has 2 unspecified atom stereocenters. The standard InChI is InChI=1S/C16H14O5/c17-9-1-2-10-14(4-9)21-7-16(20)6-8-3-12(18)13(19)5-11(8)15(10)16/h1-5,11,15,17,19-20H,6-7H2/t11?,15?,16-/m1/s1. The first-order valence-corrected chi connectivity index (χ1v) is 6.82. The van der Waals surface area contributed by atoms with Crippen molar-refractivity contribution in [1.82, 2.24) is 0 Å². The Morgan fingerprint density at radius 2 is 2.10 bits per heavy atom. The van der Waals surface area contributed by atoms with Gasteiger partial charge in [0.2, 0.25) is 5.78 Å². The lowest BCUT2D eigenvalue weighted by atomic mass is 9.77. The Balaban J connectivity index is 1.88. The lowest BCUT2D eigenvalue weighted by Gasteiger charge is -2.37. The molecular weight excluding hydrogens is 272 g/mol. The number of carbonyl (C=O) groups excluding carboxylic acids is 1. The zero-order chi connectivity index (χ0) is 14.8. The van der Waals surface area contributed by atoms with Gasteiger partial charge < -0.3 is 20.1 Å². The number of ether oxygens (including phenoxy) is 1. The summed E-state index contributed by atoms with van der Waals surface area (Å²) in [6.45, 7) is 0.102. The summed E-state index contributed by atoms with van der Waals surface area (Å²) in [6, 6.07) is 4.80. The van der Waals surface area contributed by atoms with Gasteiger partial charge in [0.15, 0.2) is 5.76 Å². The Kier molecular flexibility index (Phi) is 2.31. The van der Waals surface area contributed by atoms with Crippen molar-refractivity contribution in [2.45, 2.75) is 17.9 Å². The largest absolute Gasteiger partial charge is 0.508 e. The van der Waals surface area contributed by atoms with E-state index < -0.39 is 11.4 Å². The molecule has 1 fully saturated rings. The van der Waals surface area contributed by atoms with Crippen molar-refractivity contribution in [1.29, 1.82) is 0 Å².